The summed E-state index contributed by atoms with van der Waals surface area (Å²) in [5.41, 5.74) is 0.546. The second-order valence-corrected chi connectivity index (χ2v) is 7.98. The van der Waals surface area contributed by atoms with E-state index in [0.717, 1.165) is 26.1 Å². The summed E-state index contributed by atoms with van der Waals surface area (Å²) in [5, 5.41) is 3.82. The molecule has 3 heteroatoms. The van der Waals surface area contributed by atoms with Gasteiger partial charge in [0.2, 0.25) is 0 Å². The maximum atomic E-state index is 3.82. The van der Waals surface area contributed by atoms with Crippen LogP contribution in [-0.2, 0) is 13.0 Å². The summed E-state index contributed by atoms with van der Waals surface area (Å²) in [4.78, 5) is 5.70. The molecule has 1 aliphatic heterocycles. The van der Waals surface area contributed by atoms with Crippen molar-refractivity contribution in [3.63, 3.8) is 0 Å². The molecule has 0 radical (unpaired) electrons. The van der Waals surface area contributed by atoms with Gasteiger partial charge in [0, 0.05) is 40.5 Å². The topological polar surface area (TPSA) is 15.3 Å². The molecule has 114 valence electrons. The summed E-state index contributed by atoms with van der Waals surface area (Å²) < 4.78 is 0. The van der Waals surface area contributed by atoms with Crippen molar-refractivity contribution in [2.75, 3.05) is 13.1 Å². The zero-order valence-electron chi connectivity index (χ0n) is 13.8. The van der Waals surface area contributed by atoms with Crippen molar-refractivity contribution in [3.8, 4) is 0 Å². The van der Waals surface area contributed by atoms with Crippen molar-refractivity contribution >= 4 is 11.3 Å². The van der Waals surface area contributed by atoms with Crippen LogP contribution in [0.5, 0.6) is 0 Å². The monoisotopic (exact) mass is 294 g/mol. The number of hydrogen-bond donors (Lipinski definition) is 1. The Kier molecular flexibility index (Phi) is 4.93. The van der Waals surface area contributed by atoms with Crippen LogP contribution < -0.4 is 5.32 Å². The van der Waals surface area contributed by atoms with Gasteiger partial charge in [-0.3, -0.25) is 4.90 Å². The maximum Gasteiger partial charge on any atom is 0.0334 e. The predicted molar refractivity (Wildman–Crippen MR) is 89.5 cm³/mol. The molecule has 20 heavy (non-hydrogen) atoms. The quantitative estimate of drug-likeness (QED) is 0.881. The highest BCUT2D eigenvalue weighted by Crippen LogP contribution is 2.30. The van der Waals surface area contributed by atoms with E-state index in [1.54, 1.807) is 0 Å². The van der Waals surface area contributed by atoms with Gasteiger partial charge in [-0.1, -0.05) is 20.8 Å². The Morgan fingerprint density at radius 1 is 1.15 bits per heavy atom. The first-order valence-corrected chi connectivity index (χ1v) is 8.84. The van der Waals surface area contributed by atoms with Crippen molar-refractivity contribution in [3.05, 3.63) is 21.9 Å². The van der Waals surface area contributed by atoms with E-state index in [1.807, 2.05) is 11.3 Å². The van der Waals surface area contributed by atoms with E-state index in [4.69, 9.17) is 0 Å². The summed E-state index contributed by atoms with van der Waals surface area (Å²) >= 11 is 1.98. The largest absolute Gasteiger partial charge is 0.308 e. The molecule has 1 aliphatic rings. The van der Waals surface area contributed by atoms with Gasteiger partial charge in [0.05, 0.1) is 0 Å². The molecule has 1 N–H and O–H groups in total. The molecule has 0 spiro atoms. The molecule has 0 atom stereocenters. The molecular weight excluding hydrogens is 264 g/mol. The fourth-order valence-electron chi connectivity index (χ4n) is 3.03. The first-order chi connectivity index (χ1) is 9.44. The molecule has 2 heterocycles. The number of hydrogen-bond acceptors (Lipinski definition) is 3. The van der Waals surface area contributed by atoms with Crippen LogP contribution in [0.4, 0.5) is 0 Å². The van der Waals surface area contributed by atoms with Gasteiger partial charge < -0.3 is 5.32 Å². The fraction of sp³-hybridized carbons (Fsp3) is 0.765. The second kappa shape index (κ2) is 6.17. The summed E-state index contributed by atoms with van der Waals surface area (Å²) in [6, 6.07) is 4.61. The number of thiophene rings is 1. The average Bonchev–Trinajstić information content (AvgIpc) is 2.89. The van der Waals surface area contributed by atoms with Crippen molar-refractivity contribution in [2.45, 2.75) is 71.5 Å². The molecule has 0 bridgehead atoms. The van der Waals surface area contributed by atoms with Gasteiger partial charge in [-0.15, -0.1) is 11.3 Å². The lowest BCUT2D eigenvalue weighted by atomic mass is 9.85. The van der Waals surface area contributed by atoms with Gasteiger partial charge in [-0.05, 0) is 45.2 Å². The lowest BCUT2D eigenvalue weighted by Crippen LogP contribution is -2.67. The van der Waals surface area contributed by atoms with E-state index >= 15 is 0 Å². The molecule has 0 amide bonds. The van der Waals surface area contributed by atoms with Crippen LogP contribution in [0.25, 0.3) is 0 Å². The fourth-order valence-corrected chi connectivity index (χ4v) is 4.00. The third-order valence-corrected chi connectivity index (χ3v) is 6.23. The van der Waals surface area contributed by atoms with Crippen LogP contribution in [0.1, 0.15) is 57.2 Å². The Bertz CT molecular complexity index is 432. The van der Waals surface area contributed by atoms with Gasteiger partial charge in [-0.25, -0.2) is 0 Å². The summed E-state index contributed by atoms with van der Waals surface area (Å²) in [6.45, 7) is 14.9. The zero-order valence-corrected chi connectivity index (χ0v) is 14.6. The lowest BCUT2D eigenvalue weighted by molar-refractivity contribution is 0.0169. The molecule has 1 saturated heterocycles. The smallest absolute Gasteiger partial charge is 0.0334 e. The first kappa shape index (κ1) is 16.0. The zero-order chi connectivity index (χ0) is 14.8. The molecule has 0 saturated carbocycles. The highest BCUT2D eigenvalue weighted by Gasteiger charge is 2.40. The minimum atomic E-state index is 0.240. The number of nitrogens with one attached hydrogen (secondary N) is 1. The highest BCUT2D eigenvalue weighted by molar-refractivity contribution is 7.11. The SMILES string of the molecule is CCc1ccc(CN2CC(CC)(CC)NCC2(C)C)s1. The third-order valence-electron chi connectivity index (χ3n) is 5.01. The molecule has 1 aromatic rings. The number of rotatable bonds is 5. The number of nitrogens with zero attached hydrogens (tertiary/aromatic N) is 1. The van der Waals surface area contributed by atoms with E-state index in [-0.39, 0.29) is 5.54 Å². The Balaban J connectivity index is 2.13. The minimum Gasteiger partial charge on any atom is -0.308 e. The summed E-state index contributed by atoms with van der Waals surface area (Å²) in [5.74, 6) is 0. The Hall–Kier alpha value is -0.380. The first-order valence-electron chi connectivity index (χ1n) is 8.02. The van der Waals surface area contributed by atoms with E-state index in [9.17, 15) is 0 Å². The van der Waals surface area contributed by atoms with Gasteiger partial charge in [0.25, 0.3) is 0 Å². The predicted octanol–water partition coefficient (Wildman–Crippen LogP) is 4.05. The third kappa shape index (κ3) is 3.26. The van der Waals surface area contributed by atoms with E-state index in [0.29, 0.717) is 5.54 Å². The van der Waals surface area contributed by atoms with Crippen LogP contribution in [0.2, 0.25) is 0 Å². The van der Waals surface area contributed by atoms with Crippen molar-refractivity contribution in [1.29, 1.82) is 0 Å². The van der Waals surface area contributed by atoms with Gasteiger partial charge in [0.1, 0.15) is 0 Å². The lowest BCUT2D eigenvalue weighted by Gasteiger charge is -2.51. The Morgan fingerprint density at radius 2 is 1.80 bits per heavy atom. The molecule has 1 aromatic heterocycles. The number of piperazine rings is 1. The van der Waals surface area contributed by atoms with E-state index in [1.165, 1.54) is 22.6 Å². The van der Waals surface area contributed by atoms with Crippen LogP contribution in [0.3, 0.4) is 0 Å². The van der Waals surface area contributed by atoms with Gasteiger partial charge in [-0.2, -0.15) is 0 Å². The molecule has 1 fully saturated rings. The van der Waals surface area contributed by atoms with Gasteiger partial charge in [0.15, 0.2) is 0 Å². The Labute approximate surface area is 128 Å². The standard InChI is InChI=1S/C17H30N2S/c1-6-14-9-10-15(20-14)11-19-13-17(7-2,8-3)18-12-16(19,4)5/h9-10,18H,6-8,11-13H2,1-5H3. The molecule has 2 rings (SSSR count). The van der Waals surface area contributed by atoms with Crippen molar-refractivity contribution < 1.29 is 0 Å². The molecule has 2 nitrogen and oxygen atoms in total. The van der Waals surface area contributed by atoms with Crippen LogP contribution in [-0.4, -0.2) is 29.1 Å². The average molecular weight is 295 g/mol. The minimum absolute atomic E-state index is 0.240. The maximum absolute atomic E-state index is 3.82. The van der Waals surface area contributed by atoms with E-state index < -0.39 is 0 Å². The molecule has 0 unspecified atom stereocenters. The summed E-state index contributed by atoms with van der Waals surface area (Å²) in [7, 11) is 0. The van der Waals surface area contributed by atoms with E-state index in [2.05, 4.69) is 57.0 Å². The van der Waals surface area contributed by atoms with Crippen LogP contribution >= 0.6 is 11.3 Å². The van der Waals surface area contributed by atoms with Gasteiger partial charge >= 0.3 is 0 Å². The van der Waals surface area contributed by atoms with Crippen molar-refractivity contribution in [2.24, 2.45) is 0 Å². The number of aryl methyl sites for hydroxylation is 1. The van der Waals surface area contributed by atoms with Crippen LogP contribution in [0, 0.1) is 0 Å². The highest BCUT2D eigenvalue weighted by atomic mass is 32.1. The molecule has 0 aromatic carbocycles. The molecular formula is C17H30N2S. The second-order valence-electron chi connectivity index (χ2n) is 6.73. The summed E-state index contributed by atoms with van der Waals surface area (Å²) in [6.07, 6.45) is 3.57. The van der Waals surface area contributed by atoms with Crippen LogP contribution in [0.15, 0.2) is 12.1 Å². The Morgan fingerprint density at radius 3 is 2.35 bits per heavy atom. The normalized spacial score (nSPS) is 22.1. The van der Waals surface area contributed by atoms with Crippen molar-refractivity contribution in [1.82, 2.24) is 10.2 Å². The molecule has 0 aliphatic carbocycles.